The zero-order valence-electron chi connectivity index (χ0n) is 5.14. The highest BCUT2D eigenvalue weighted by Gasteiger charge is 2.02. The van der Waals surface area contributed by atoms with Gasteiger partial charge in [0.15, 0.2) is 6.29 Å². The zero-order valence-corrected chi connectivity index (χ0v) is 5.14. The number of hydrogen-bond donors (Lipinski definition) is 2. The summed E-state index contributed by atoms with van der Waals surface area (Å²) in [5, 5.41) is 15.5. The van der Waals surface area contributed by atoms with E-state index in [-0.39, 0.29) is 5.71 Å². The van der Waals surface area contributed by atoms with Gasteiger partial charge in [-0.05, 0) is 13.8 Å². The molecule has 0 aliphatic heterocycles. The van der Waals surface area contributed by atoms with Crippen LogP contribution in [0.1, 0.15) is 13.8 Å². The molecule has 0 saturated heterocycles. The molecule has 0 amide bonds. The maximum absolute atomic E-state index is 8.68. The smallest absolute Gasteiger partial charge is 0.193 e. The van der Waals surface area contributed by atoms with Gasteiger partial charge in [0.1, 0.15) is 0 Å². The van der Waals surface area contributed by atoms with Crippen LogP contribution in [-0.2, 0) is 4.74 Å². The van der Waals surface area contributed by atoms with Crippen LogP contribution in [0.25, 0.3) is 0 Å². The average Bonchev–Trinajstić information content (AvgIpc) is 1.67. The lowest BCUT2D eigenvalue weighted by Gasteiger charge is -2.06. The van der Waals surface area contributed by atoms with Crippen LogP contribution in [0.5, 0.6) is 0 Å². The third-order valence-electron chi connectivity index (χ3n) is 0.695. The van der Waals surface area contributed by atoms with Gasteiger partial charge in [-0.2, -0.15) is 0 Å². The highest BCUT2D eigenvalue weighted by molar-refractivity contribution is 5.81. The number of hydrogen-bond acceptors (Lipinski definition) is 3. The molecule has 0 fully saturated rings. The number of nitrogens with one attached hydrogen (secondary N) is 1. The van der Waals surface area contributed by atoms with Crippen molar-refractivity contribution in [1.82, 2.24) is 0 Å². The Labute approximate surface area is 48.8 Å². The van der Waals surface area contributed by atoms with E-state index in [1.165, 1.54) is 6.92 Å². The standard InChI is InChI=1S/C5H11NO2/c1-3-8-5(7)4(2)6/h5-7H,3H2,1-2H3. The molecule has 0 rings (SSSR count). The van der Waals surface area contributed by atoms with Crippen LogP contribution in [-0.4, -0.2) is 23.7 Å². The SMILES string of the molecule is CCOC(O)C(C)=N. The molecule has 0 spiro atoms. The molecule has 3 nitrogen and oxygen atoms in total. The molecule has 1 atom stereocenters. The Morgan fingerprint density at radius 1 is 1.88 bits per heavy atom. The van der Waals surface area contributed by atoms with Gasteiger partial charge in [-0.1, -0.05) is 0 Å². The Bertz CT molecular complexity index is 82.5. The number of ether oxygens (including phenoxy) is 1. The van der Waals surface area contributed by atoms with E-state index in [0.717, 1.165) is 0 Å². The molecular weight excluding hydrogens is 106 g/mol. The molecule has 48 valence electrons. The predicted octanol–water partition coefficient (Wildman–Crippen LogP) is 0.381. The van der Waals surface area contributed by atoms with Crippen LogP contribution in [0.4, 0.5) is 0 Å². The Kier molecular flexibility index (Phi) is 3.39. The highest BCUT2D eigenvalue weighted by Crippen LogP contribution is 1.86. The summed E-state index contributed by atoms with van der Waals surface area (Å²) in [7, 11) is 0. The van der Waals surface area contributed by atoms with Gasteiger partial charge in [0, 0.05) is 6.61 Å². The normalized spacial score (nSPS) is 13.4. The van der Waals surface area contributed by atoms with E-state index in [0.29, 0.717) is 6.61 Å². The van der Waals surface area contributed by atoms with Crippen LogP contribution in [0.15, 0.2) is 0 Å². The van der Waals surface area contributed by atoms with E-state index in [9.17, 15) is 0 Å². The minimum atomic E-state index is -1.00. The van der Waals surface area contributed by atoms with Crippen LogP contribution in [0.3, 0.4) is 0 Å². The first kappa shape index (κ1) is 7.59. The van der Waals surface area contributed by atoms with Crippen molar-refractivity contribution in [2.24, 2.45) is 0 Å². The van der Waals surface area contributed by atoms with E-state index in [4.69, 9.17) is 10.5 Å². The van der Waals surface area contributed by atoms with Crippen molar-refractivity contribution >= 4 is 5.71 Å². The van der Waals surface area contributed by atoms with Crippen LogP contribution >= 0.6 is 0 Å². The number of aliphatic hydroxyl groups excluding tert-OH is 1. The van der Waals surface area contributed by atoms with E-state index < -0.39 is 6.29 Å². The van der Waals surface area contributed by atoms with E-state index in [1.54, 1.807) is 6.92 Å². The second kappa shape index (κ2) is 3.57. The summed E-state index contributed by atoms with van der Waals surface area (Å²) in [6.45, 7) is 3.71. The summed E-state index contributed by atoms with van der Waals surface area (Å²) < 4.78 is 4.63. The van der Waals surface area contributed by atoms with E-state index >= 15 is 0 Å². The fraction of sp³-hybridized carbons (Fsp3) is 0.800. The summed E-state index contributed by atoms with van der Waals surface area (Å²) in [5.74, 6) is 0. The molecule has 1 unspecified atom stereocenters. The molecule has 2 N–H and O–H groups in total. The molecule has 8 heavy (non-hydrogen) atoms. The van der Waals surface area contributed by atoms with Crippen LogP contribution < -0.4 is 0 Å². The maximum atomic E-state index is 8.68. The molecule has 0 aromatic rings. The van der Waals surface area contributed by atoms with Crippen LogP contribution in [0.2, 0.25) is 0 Å². The third-order valence-corrected chi connectivity index (χ3v) is 0.695. The Hall–Kier alpha value is -0.410. The Morgan fingerprint density at radius 3 is 2.50 bits per heavy atom. The molecule has 0 saturated carbocycles. The predicted molar refractivity (Wildman–Crippen MR) is 31.0 cm³/mol. The van der Waals surface area contributed by atoms with Gasteiger partial charge in [0.05, 0.1) is 5.71 Å². The van der Waals surface area contributed by atoms with Gasteiger partial charge in [-0.25, -0.2) is 0 Å². The van der Waals surface area contributed by atoms with E-state index in [1.807, 2.05) is 0 Å². The molecule has 0 aromatic carbocycles. The van der Waals surface area contributed by atoms with Crippen molar-refractivity contribution in [3.05, 3.63) is 0 Å². The first-order valence-electron chi connectivity index (χ1n) is 2.53. The van der Waals surface area contributed by atoms with Crippen molar-refractivity contribution in [3.63, 3.8) is 0 Å². The van der Waals surface area contributed by atoms with Gasteiger partial charge in [0.2, 0.25) is 0 Å². The lowest BCUT2D eigenvalue weighted by Crippen LogP contribution is -2.19. The molecule has 0 aliphatic rings. The topological polar surface area (TPSA) is 53.3 Å². The van der Waals surface area contributed by atoms with Crippen LogP contribution in [0, 0.1) is 5.41 Å². The molecule has 0 aliphatic carbocycles. The Balaban J connectivity index is 3.32. The van der Waals surface area contributed by atoms with Gasteiger partial charge in [-0.15, -0.1) is 0 Å². The van der Waals surface area contributed by atoms with Crippen molar-refractivity contribution in [2.75, 3.05) is 6.61 Å². The largest absolute Gasteiger partial charge is 0.363 e. The first-order chi connectivity index (χ1) is 3.68. The van der Waals surface area contributed by atoms with Crippen molar-refractivity contribution in [1.29, 1.82) is 5.41 Å². The average molecular weight is 117 g/mol. The minimum absolute atomic E-state index is 0.145. The molecule has 0 aromatic heterocycles. The lowest BCUT2D eigenvalue weighted by atomic mass is 10.4. The third kappa shape index (κ3) is 2.71. The van der Waals surface area contributed by atoms with Gasteiger partial charge in [-0.3, -0.25) is 0 Å². The summed E-state index contributed by atoms with van der Waals surface area (Å²) in [4.78, 5) is 0. The molecule has 0 bridgehead atoms. The van der Waals surface area contributed by atoms with Gasteiger partial charge < -0.3 is 15.3 Å². The zero-order chi connectivity index (χ0) is 6.57. The second-order valence-corrected chi connectivity index (χ2v) is 1.49. The van der Waals surface area contributed by atoms with E-state index in [2.05, 4.69) is 4.74 Å². The summed E-state index contributed by atoms with van der Waals surface area (Å²) in [6.07, 6.45) is -1.00. The number of rotatable bonds is 3. The molecule has 3 heteroatoms. The molecular formula is C5H11NO2. The fourth-order valence-corrected chi connectivity index (χ4v) is 0.283. The van der Waals surface area contributed by atoms with Gasteiger partial charge >= 0.3 is 0 Å². The first-order valence-corrected chi connectivity index (χ1v) is 2.53. The van der Waals surface area contributed by atoms with Crippen molar-refractivity contribution < 1.29 is 9.84 Å². The highest BCUT2D eigenvalue weighted by atomic mass is 16.6. The maximum Gasteiger partial charge on any atom is 0.193 e. The fourth-order valence-electron chi connectivity index (χ4n) is 0.283. The lowest BCUT2D eigenvalue weighted by molar-refractivity contribution is -0.0448. The molecule has 0 radical (unpaired) electrons. The monoisotopic (exact) mass is 117 g/mol. The number of aliphatic hydroxyl groups is 1. The summed E-state index contributed by atoms with van der Waals surface area (Å²) >= 11 is 0. The summed E-state index contributed by atoms with van der Waals surface area (Å²) in [6, 6.07) is 0. The molecule has 0 heterocycles. The van der Waals surface area contributed by atoms with Crippen molar-refractivity contribution in [3.8, 4) is 0 Å². The van der Waals surface area contributed by atoms with Gasteiger partial charge in [0.25, 0.3) is 0 Å². The summed E-state index contributed by atoms with van der Waals surface area (Å²) in [5.41, 5.74) is 0.145. The minimum Gasteiger partial charge on any atom is -0.363 e. The quantitative estimate of drug-likeness (QED) is 0.414. The van der Waals surface area contributed by atoms with Crippen molar-refractivity contribution in [2.45, 2.75) is 20.1 Å². The second-order valence-electron chi connectivity index (χ2n) is 1.49. The Morgan fingerprint density at radius 2 is 2.38 bits per heavy atom.